The van der Waals surface area contributed by atoms with Crippen LogP contribution in [0, 0.1) is 0 Å². The maximum atomic E-state index is 12.8. The Hall–Kier alpha value is -1.62. The molecule has 1 aliphatic heterocycles. The monoisotopic (exact) mass is 475 g/mol. The van der Waals surface area contributed by atoms with Crippen LogP contribution in [-0.4, -0.2) is 51.2 Å². The van der Waals surface area contributed by atoms with Crippen molar-refractivity contribution in [3.8, 4) is 5.75 Å². The second-order valence-corrected chi connectivity index (χ2v) is 9.25. The molecule has 2 N–H and O–H groups in total. The molecule has 11 heteroatoms. The number of methoxy groups -OCH3 is 1. The van der Waals surface area contributed by atoms with Gasteiger partial charge in [0.1, 0.15) is 5.75 Å². The second-order valence-electron chi connectivity index (χ2n) is 6.09. The van der Waals surface area contributed by atoms with Gasteiger partial charge in [0.25, 0.3) is 0 Å². The SMILES string of the molecule is COc1cc(S(=O)(=O)N2CCOCC2)ccc1NC(=S)Nc1ccc(Cl)c(Cl)c1. The van der Waals surface area contributed by atoms with Crippen LogP contribution in [0.25, 0.3) is 0 Å². The van der Waals surface area contributed by atoms with Crippen molar-refractivity contribution in [2.45, 2.75) is 4.90 Å². The molecule has 3 rings (SSSR count). The van der Waals surface area contributed by atoms with Gasteiger partial charge in [-0.15, -0.1) is 0 Å². The van der Waals surface area contributed by atoms with Gasteiger partial charge in [-0.1, -0.05) is 23.2 Å². The molecule has 29 heavy (non-hydrogen) atoms. The van der Waals surface area contributed by atoms with Gasteiger partial charge in [-0.25, -0.2) is 8.42 Å². The highest BCUT2D eigenvalue weighted by atomic mass is 35.5. The first kappa shape index (κ1) is 22.1. The topological polar surface area (TPSA) is 79.9 Å². The van der Waals surface area contributed by atoms with Crippen LogP contribution in [0.15, 0.2) is 41.3 Å². The Morgan fingerprint density at radius 2 is 1.83 bits per heavy atom. The predicted molar refractivity (Wildman–Crippen MR) is 119 cm³/mol. The first-order chi connectivity index (χ1) is 13.8. The van der Waals surface area contributed by atoms with Gasteiger partial charge < -0.3 is 20.1 Å². The number of hydrogen-bond acceptors (Lipinski definition) is 5. The second kappa shape index (κ2) is 9.46. The fourth-order valence-electron chi connectivity index (χ4n) is 2.73. The normalized spacial score (nSPS) is 15.0. The first-order valence-electron chi connectivity index (χ1n) is 8.60. The van der Waals surface area contributed by atoms with Gasteiger partial charge in [0.15, 0.2) is 5.11 Å². The fourth-order valence-corrected chi connectivity index (χ4v) is 4.68. The van der Waals surface area contributed by atoms with Crippen LogP contribution in [0.5, 0.6) is 5.75 Å². The lowest BCUT2D eigenvalue weighted by Crippen LogP contribution is -2.40. The van der Waals surface area contributed by atoms with E-state index in [1.165, 1.54) is 23.5 Å². The van der Waals surface area contributed by atoms with E-state index in [2.05, 4.69) is 10.6 Å². The van der Waals surface area contributed by atoms with Gasteiger partial charge in [0.05, 0.1) is 41.0 Å². The van der Waals surface area contributed by atoms with Crippen LogP contribution in [0.1, 0.15) is 0 Å². The molecular formula is C18H19Cl2N3O4S2. The van der Waals surface area contributed by atoms with Gasteiger partial charge in [0, 0.05) is 24.8 Å². The van der Waals surface area contributed by atoms with Crippen molar-refractivity contribution in [2.75, 3.05) is 44.0 Å². The van der Waals surface area contributed by atoms with Gasteiger partial charge in [0.2, 0.25) is 10.0 Å². The van der Waals surface area contributed by atoms with Crippen molar-refractivity contribution in [1.29, 1.82) is 0 Å². The molecule has 0 bridgehead atoms. The van der Waals surface area contributed by atoms with Crippen molar-refractivity contribution in [3.05, 3.63) is 46.4 Å². The lowest BCUT2D eigenvalue weighted by molar-refractivity contribution is 0.0730. The van der Waals surface area contributed by atoms with E-state index < -0.39 is 10.0 Å². The van der Waals surface area contributed by atoms with Crippen LogP contribution < -0.4 is 15.4 Å². The van der Waals surface area contributed by atoms with Crippen LogP contribution in [-0.2, 0) is 14.8 Å². The van der Waals surface area contributed by atoms with E-state index in [0.717, 1.165) is 0 Å². The standard InChI is InChI=1S/C18H19Cl2N3O4S2/c1-26-17-11-13(29(24,25)23-6-8-27-9-7-23)3-5-16(17)22-18(28)21-12-2-4-14(19)15(20)10-12/h2-5,10-11H,6-9H2,1H3,(H2,21,22,28). The third-order valence-corrected chi connectivity index (χ3v) is 7.04. The molecule has 0 radical (unpaired) electrons. The van der Waals surface area contributed by atoms with Gasteiger partial charge in [-0.3, -0.25) is 0 Å². The Morgan fingerprint density at radius 1 is 1.10 bits per heavy atom. The number of nitrogens with zero attached hydrogens (tertiary/aromatic N) is 1. The number of halogens is 2. The minimum Gasteiger partial charge on any atom is -0.495 e. The summed E-state index contributed by atoms with van der Waals surface area (Å²) in [4.78, 5) is 0.144. The molecular weight excluding hydrogens is 457 g/mol. The maximum absolute atomic E-state index is 12.8. The summed E-state index contributed by atoms with van der Waals surface area (Å²) in [5.74, 6) is 0.345. The van der Waals surface area contributed by atoms with Crippen molar-refractivity contribution in [1.82, 2.24) is 4.31 Å². The summed E-state index contributed by atoms with van der Waals surface area (Å²) in [5, 5.41) is 7.10. The summed E-state index contributed by atoms with van der Waals surface area (Å²) in [5.41, 5.74) is 1.17. The lowest BCUT2D eigenvalue weighted by Gasteiger charge is -2.26. The molecule has 1 heterocycles. The number of anilines is 2. The molecule has 0 atom stereocenters. The maximum Gasteiger partial charge on any atom is 0.243 e. The molecule has 1 saturated heterocycles. The molecule has 0 amide bonds. The van der Waals surface area contributed by atoms with E-state index in [9.17, 15) is 8.42 Å². The predicted octanol–water partition coefficient (Wildman–Crippen LogP) is 3.83. The minimum atomic E-state index is -3.63. The lowest BCUT2D eigenvalue weighted by atomic mass is 10.3. The van der Waals surface area contributed by atoms with Crippen molar-refractivity contribution in [3.63, 3.8) is 0 Å². The largest absolute Gasteiger partial charge is 0.495 e. The van der Waals surface area contributed by atoms with E-state index in [0.29, 0.717) is 53.5 Å². The van der Waals surface area contributed by atoms with E-state index in [4.69, 9.17) is 44.9 Å². The molecule has 0 aromatic heterocycles. The number of hydrogen-bond donors (Lipinski definition) is 2. The summed E-state index contributed by atoms with van der Waals surface area (Å²) >= 11 is 17.2. The molecule has 2 aromatic carbocycles. The Kier molecular flexibility index (Phi) is 7.20. The summed E-state index contributed by atoms with van der Waals surface area (Å²) < 4.78 is 37.6. The van der Waals surface area contributed by atoms with Crippen molar-refractivity contribution >= 4 is 61.9 Å². The summed E-state index contributed by atoms with van der Waals surface area (Å²) in [7, 11) is -2.17. The summed E-state index contributed by atoms with van der Waals surface area (Å²) in [6.07, 6.45) is 0. The molecule has 1 aliphatic rings. The fraction of sp³-hybridized carbons (Fsp3) is 0.278. The van der Waals surface area contributed by atoms with Crippen LogP contribution in [0.2, 0.25) is 10.0 Å². The number of benzene rings is 2. The highest BCUT2D eigenvalue weighted by Gasteiger charge is 2.27. The van der Waals surface area contributed by atoms with E-state index >= 15 is 0 Å². The highest BCUT2D eigenvalue weighted by Crippen LogP contribution is 2.30. The Balaban J connectivity index is 1.76. The molecule has 156 valence electrons. The Labute approximate surface area is 184 Å². The third kappa shape index (κ3) is 5.30. The van der Waals surface area contributed by atoms with Gasteiger partial charge in [-0.2, -0.15) is 4.31 Å². The highest BCUT2D eigenvalue weighted by molar-refractivity contribution is 7.89. The van der Waals surface area contributed by atoms with E-state index in [-0.39, 0.29) is 10.0 Å². The zero-order valence-electron chi connectivity index (χ0n) is 15.4. The Bertz CT molecular complexity index is 1010. The van der Waals surface area contributed by atoms with Crippen LogP contribution in [0.4, 0.5) is 11.4 Å². The number of sulfonamides is 1. The smallest absolute Gasteiger partial charge is 0.243 e. The quantitative estimate of drug-likeness (QED) is 0.635. The summed E-state index contributed by atoms with van der Waals surface area (Å²) in [6, 6.07) is 9.62. The molecule has 1 fully saturated rings. The zero-order valence-corrected chi connectivity index (χ0v) is 18.6. The average molecular weight is 476 g/mol. The van der Waals surface area contributed by atoms with E-state index in [1.807, 2.05) is 0 Å². The van der Waals surface area contributed by atoms with Crippen molar-refractivity contribution in [2.24, 2.45) is 0 Å². The summed E-state index contributed by atoms with van der Waals surface area (Å²) in [6.45, 7) is 1.40. The third-order valence-electron chi connectivity index (χ3n) is 4.21. The zero-order chi connectivity index (χ0) is 21.0. The van der Waals surface area contributed by atoms with Gasteiger partial charge in [-0.05, 0) is 42.5 Å². The molecule has 0 aliphatic carbocycles. The molecule has 7 nitrogen and oxygen atoms in total. The average Bonchev–Trinajstić information content (AvgIpc) is 2.71. The van der Waals surface area contributed by atoms with Crippen molar-refractivity contribution < 1.29 is 17.9 Å². The first-order valence-corrected chi connectivity index (χ1v) is 11.2. The number of nitrogens with one attached hydrogen (secondary N) is 2. The number of rotatable bonds is 5. The minimum absolute atomic E-state index is 0.144. The molecule has 0 saturated carbocycles. The molecule has 2 aromatic rings. The number of ether oxygens (including phenoxy) is 2. The number of morpholine rings is 1. The molecule has 0 spiro atoms. The van der Waals surface area contributed by atoms with E-state index in [1.54, 1.807) is 24.3 Å². The number of thiocarbonyl (C=S) groups is 1. The molecule has 0 unspecified atom stereocenters. The Morgan fingerprint density at radius 3 is 2.48 bits per heavy atom. The van der Waals surface area contributed by atoms with Crippen LogP contribution >= 0.6 is 35.4 Å². The van der Waals surface area contributed by atoms with Gasteiger partial charge >= 0.3 is 0 Å². The van der Waals surface area contributed by atoms with Crippen LogP contribution in [0.3, 0.4) is 0 Å².